The van der Waals surface area contributed by atoms with Gasteiger partial charge in [-0.25, -0.2) is 4.68 Å². The number of carbonyl (C=O) groups excluding carboxylic acids is 1. The molecule has 120 valence electrons. The van der Waals surface area contributed by atoms with Crippen molar-refractivity contribution in [3.05, 3.63) is 53.4 Å². The van der Waals surface area contributed by atoms with Crippen molar-refractivity contribution in [2.24, 2.45) is 7.05 Å². The molecule has 3 aromatic heterocycles. The van der Waals surface area contributed by atoms with Crippen LogP contribution in [-0.2, 0) is 20.3 Å². The highest BCUT2D eigenvalue weighted by atomic mass is 16.1. The van der Waals surface area contributed by atoms with Crippen LogP contribution in [0.2, 0.25) is 0 Å². The van der Waals surface area contributed by atoms with Crippen LogP contribution in [0.15, 0.2) is 30.6 Å². The maximum absolute atomic E-state index is 12.1. The van der Waals surface area contributed by atoms with Gasteiger partial charge in [0.25, 0.3) is 5.91 Å². The Bertz CT molecular complexity index is 827. The highest BCUT2D eigenvalue weighted by Crippen LogP contribution is 2.04. The second-order valence-corrected chi connectivity index (χ2v) is 5.44. The summed E-state index contributed by atoms with van der Waals surface area (Å²) < 4.78 is 5.26. The molecule has 3 heterocycles. The summed E-state index contributed by atoms with van der Waals surface area (Å²) in [6, 6.07) is 5.57. The number of aromatic nitrogens is 6. The average molecular weight is 313 g/mol. The third kappa shape index (κ3) is 3.31. The normalized spacial score (nSPS) is 10.9. The predicted molar refractivity (Wildman–Crippen MR) is 83.7 cm³/mol. The van der Waals surface area contributed by atoms with E-state index in [2.05, 4.69) is 20.6 Å². The lowest BCUT2D eigenvalue weighted by Crippen LogP contribution is -2.25. The van der Waals surface area contributed by atoms with E-state index in [9.17, 15) is 4.79 Å². The maximum Gasteiger partial charge on any atom is 0.272 e. The minimum Gasteiger partial charge on any atom is -0.345 e. The van der Waals surface area contributed by atoms with Crippen LogP contribution in [0.4, 0.5) is 0 Å². The highest BCUT2D eigenvalue weighted by molar-refractivity contribution is 5.92. The molecule has 0 atom stereocenters. The Labute approximate surface area is 133 Å². The Morgan fingerprint density at radius 1 is 1.26 bits per heavy atom. The van der Waals surface area contributed by atoms with E-state index >= 15 is 0 Å². The fourth-order valence-corrected chi connectivity index (χ4v) is 2.35. The summed E-state index contributed by atoms with van der Waals surface area (Å²) in [6.45, 7) is 4.84. The standard InChI is InChI=1S/C15H19N7O/c1-11-8-12(2)22(18-11)10-21-7-5-14(19-21)15(23)16-9-13-4-6-17-20(13)3/h4-8H,9-10H2,1-3H3,(H,16,23). The van der Waals surface area contributed by atoms with Gasteiger partial charge in [-0.2, -0.15) is 15.3 Å². The van der Waals surface area contributed by atoms with Crippen molar-refractivity contribution in [3.8, 4) is 0 Å². The third-order valence-corrected chi connectivity index (χ3v) is 3.61. The van der Waals surface area contributed by atoms with Gasteiger partial charge in [-0.15, -0.1) is 0 Å². The van der Waals surface area contributed by atoms with Gasteiger partial charge >= 0.3 is 0 Å². The second-order valence-electron chi connectivity index (χ2n) is 5.44. The molecule has 0 aliphatic heterocycles. The Morgan fingerprint density at radius 3 is 2.74 bits per heavy atom. The van der Waals surface area contributed by atoms with Gasteiger partial charge in [-0.3, -0.25) is 14.2 Å². The molecule has 1 amide bonds. The molecule has 0 unspecified atom stereocenters. The van der Waals surface area contributed by atoms with Crippen LogP contribution in [-0.4, -0.2) is 35.2 Å². The minimum atomic E-state index is -0.210. The lowest BCUT2D eigenvalue weighted by atomic mass is 10.3. The van der Waals surface area contributed by atoms with Gasteiger partial charge in [0, 0.05) is 25.1 Å². The van der Waals surface area contributed by atoms with Gasteiger partial charge < -0.3 is 5.32 Å². The van der Waals surface area contributed by atoms with Gasteiger partial charge in [0.1, 0.15) is 12.4 Å². The van der Waals surface area contributed by atoms with Gasteiger partial charge in [0.05, 0.1) is 17.9 Å². The number of nitrogens with one attached hydrogen (secondary N) is 1. The van der Waals surface area contributed by atoms with E-state index < -0.39 is 0 Å². The van der Waals surface area contributed by atoms with Gasteiger partial charge in [0.2, 0.25) is 0 Å². The minimum absolute atomic E-state index is 0.210. The zero-order chi connectivity index (χ0) is 16.4. The van der Waals surface area contributed by atoms with E-state index in [1.165, 1.54) is 0 Å². The summed E-state index contributed by atoms with van der Waals surface area (Å²) in [6.07, 6.45) is 3.47. The first-order chi connectivity index (χ1) is 11.0. The summed E-state index contributed by atoms with van der Waals surface area (Å²) in [4.78, 5) is 12.1. The van der Waals surface area contributed by atoms with Crippen molar-refractivity contribution < 1.29 is 4.79 Å². The number of carbonyl (C=O) groups is 1. The van der Waals surface area contributed by atoms with Crippen LogP contribution in [0.1, 0.15) is 27.6 Å². The number of rotatable bonds is 5. The van der Waals surface area contributed by atoms with E-state index in [1.54, 1.807) is 27.8 Å². The molecule has 3 rings (SSSR count). The van der Waals surface area contributed by atoms with E-state index in [-0.39, 0.29) is 5.91 Å². The van der Waals surface area contributed by atoms with E-state index in [1.807, 2.05) is 37.7 Å². The van der Waals surface area contributed by atoms with Crippen molar-refractivity contribution in [2.45, 2.75) is 27.1 Å². The lowest BCUT2D eigenvalue weighted by Gasteiger charge is -2.05. The Balaban J connectivity index is 1.63. The van der Waals surface area contributed by atoms with Crippen LogP contribution in [0.5, 0.6) is 0 Å². The molecule has 3 aromatic rings. The topological polar surface area (TPSA) is 82.6 Å². The zero-order valence-electron chi connectivity index (χ0n) is 13.4. The molecular weight excluding hydrogens is 294 g/mol. The van der Waals surface area contributed by atoms with Crippen molar-refractivity contribution in [1.82, 2.24) is 34.7 Å². The van der Waals surface area contributed by atoms with Crippen molar-refractivity contribution in [2.75, 3.05) is 0 Å². The molecule has 0 fully saturated rings. The number of hydrogen-bond donors (Lipinski definition) is 1. The number of amides is 1. The summed E-state index contributed by atoms with van der Waals surface area (Å²) in [5.74, 6) is -0.210. The molecule has 0 bridgehead atoms. The van der Waals surface area contributed by atoms with Crippen LogP contribution in [0, 0.1) is 13.8 Å². The highest BCUT2D eigenvalue weighted by Gasteiger charge is 2.11. The number of nitrogens with zero attached hydrogens (tertiary/aromatic N) is 6. The van der Waals surface area contributed by atoms with Gasteiger partial charge in [-0.05, 0) is 32.0 Å². The first kappa shape index (κ1) is 15.0. The van der Waals surface area contributed by atoms with Crippen LogP contribution >= 0.6 is 0 Å². The molecule has 0 aliphatic carbocycles. The molecule has 1 N–H and O–H groups in total. The summed E-state index contributed by atoms with van der Waals surface area (Å²) in [5, 5.41) is 15.6. The van der Waals surface area contributed by atoms with Crippen LogP contribution in [0.25, 0.3) is 0 Å². The van der Waals surface area contributed by atoms with E-state index in [4.69, 9.17) is 0 Å². The monoisotopic (exact) mass is 313 g/mol. The molecule has 0 saturated carbocycles. The zero-order valence-corrected chi connectivity index (χ0v) is 13.4. The molecule has 23 heavy (non-hydrogen) atoms. The summed E-state index contributed by atoms with van der Waals surface area (Å²) >= 11 is 0. The fourth-order valence-electron chi connectivity index (χ4n) is 2.35. The molecule has 0 spiro atoms. The quantitative estimate of drug-likeness (QED) is 0.757. The smallest absolute Gasteiger partial charge is 0.272 e. The molecule has 8 heteroatoms. The first-order valence-corrected chi connectivity index (χ1v) is 7.32. The molecule has 0 aliphatic rings. The molecule has 0 saturated heterocycles. The maximum atomic E-state index is 12.1. The Morgan fingerprint density at radius 2 is 2.09 bits per heavy atom. The number of aryl methyl sites for hydroxylation is 3. The van der Waals surface area contributed by atoms with E-state index in [0.717, 1.165) is 17.1 Å². The van der Waals surface area contributed by atoms with Crippen LogP contribution < -0.4 is 5.32 Å². The summed E-state index contributed by atoms with van der Waals surface area (Å²) in [5.41, 5.74) is 3.33. The predicted octanol–water partition coefficient (Wildman–Crippen LogP) is 0.866. The fraction of sp³-hybridized carbons (Fsp3) is 0.333. The molecule has 8 nitrogen and oxygen atoms in total. The van der Waals surface area contributed by atoms with Crippen molar-refractivity contribution >= 4 is 5.91 Å². The van der Waals surface area contributed by atoms with Gasteiger partial charge in [0.15, 0.2) is 0 Å². The molecule has 0 aromatic carbocycles. The van der Waals surface area contributed by atoms with Crippen LogP contribution in [0.3, 0.4) is 0 Å². The van der Waals surface area contributed by atoms with Crippen molar-refractivity contribution in [1.29, 1.82) is 0 Å². The lowest BCUT2D eigenvalue weighted by molar-refractivity contribution is 0.0944. The third-order valence-electron chi connectivity index (χ3n) is 3.61. The number of hydrogen-bond acceptors (Lipinski definition) is 4. The molecular formula is C15H19N7O. The van der Waals surface area contributed by atoms with Crippen molar-refractivity contribution in [3.63, 3.8) is 0 Å². The largest absolute Gasteiger partial charge is 0.345 e. The summed E-state index contributed by atoms with van der Waals surface area (Å²) in [7, 11) is 1.84. The van der Waals surface area contributed by atoms with E-state index in [0.29, 0.717) is 18.9 Å². The average Bonchev–Trinajstić information content (AvgIpc) is 3.19. The second kappa shape index (κ2) is 6.07. The van der Waals surface area contributed by atoms with Gasteiger partial charge in [-0.1, -0.05) is 0 Å². The Kier molecular flexibility index (Phi) is 3.96. The first-order valence-electron chi connectivity index (χ1n) is 7.32. The SMILES string of the molecule is Cc1cc(C)n(Cn2ccc(C(=O)NCc3ccnn3C)n2)n1. The molecule has 0 radical (unpaired) electrons. The Hall–Kier alpha value is -2.90.